The minimum absolute atomic E-state index is 0.309. The van der Waals surface area contributed by atoms with Crippen LogP contribution in [0, 0.1) is 0 Å². The third-order valence-electron chi connectivity index (χ3n) is 2.08. The van der Waals surface area contributed by atoms with Crippen LogP contribution < -0.4 is 10.3 Å². The van der Waals surface area contributed by atoms with Crippen LogP contribution in [0.4, 0.5) is 0 Å². The number of hydrogen-bond donors (Lipinski definition) is 1. The van der Waals surface area contributed by atoms with Crippen molar-refractivity contribution in [3.8, 4) is 5.69 Å². The maximum Gasteiger partial charge on any atom is 0.430 e. The van der Waals surface area contributed by atoms with Crippen LogP contribution in [0.3, 0.4) is 0 Å². The van der Waals surface area contributed by atoms with Gasteiger partial charge in [-0.15, -0.1) is 0 Å². The van der Waals surface area contributed by atoms with E-state index in [1.54, 1.807) is 4.68 Å². The summed E-state index contributed by atoms with van der Waals surface area (Å²) < 4.78 is 6.38. The molecule has 0 aliphatic rings. The van der Waals surface area contributed by atoms with Gasteiger partial charge in [0.1, 0.15) is 0 Å². The van der Waals surface area contributed by atoms with Crippen LogP contribution in [0.15, 0.2) is 39.6 Å². The summed E-state index contributed by atoms with van der Waals surface area (Å²) in [6.45, 7) is 1.92. The molecule has 0 aliphatic carbocycles. The van der Waals surface area contributed by atoms with Gasteiger partial charge in [-0.25, -0.2) is 4.79 Å². The first kappa shape index (κ1) is 8.74. The fourth-order valence-electron chi connectivity index (χ4n) is 1.38. The summed E-state index contributed by atoms with van der Waals surface area (Å²) in [5.41, 5.74) is 1.21. The molecule has 14 heavy (non-hydrogen) atoms. The summed E-state index contributed by atoms with van der Waals surface area (Å²) >= 11 is 0. The van der Waals surface area contributed by atoms with Crippen LogP contribution in [0.25, 0.3) is 5.69 Å². The molecule has 0 fully saturated rings. The number of aromatic nitrogens is 2. The van der Waals surface area contributed by atoms with E-state index in [-0.39, 0.29) is 5.63 Å². The lowest BCUT2D eigenvalue weighted by molar-refractivity contribution is -0.677. The van der Waals surface area contributed by atoms with Gasteiger partial charge < -0.3 is 0 Å². The third-order valence-corrected chi connectivity index (χ3v) is 2.08. The van der Waals surface area contributed by atoms with Crippen molar-refractivity contribution >= 4 is 0 Å². The predicted molar refractivity (Wildman–Crippen MR) is 50.2 cm³/mol. The SMILES string of the molecule is CCc1c(=O)o[nH][n+]1-c1ccccc1. The van der Waals surface area contributed by atoms with Gasteiger partial charge in [0.05, 0.1) is 0 Å². The molecule has 0 radical (unpaired) electrons. The van der Waals surface area contributed by atoms with E-state index in [1.165, 1.54) is 0 Å². The molecule has 1 aromatic carbocycles. The molecular formula is C10H11N2O2+. The Labute approximate surface area is 80.7 Å². The van der Waals surface area contributed by atoms with E-state index in [0.29, 0.717) is 12.1 Å². The summed E-state index contributed by atoms with van der Waals surface area (Å²) in [4.78, 5) is 11.2. The fraction of sp³-hybridized carbons (Fsp3) is 0.200. The number of H-pyrrole nitrogens is 1. The van der Waals surface area contributed by atoms with Crippen molar-refractivity contribution in [3.05, 3.63) is 46.4 Å². The second kappa shape index (κ2) is 3.49. The van der Waals surface area contributed by atoms with Crippen molar-refractivity contribution in [3.63, 3.8) is 0 Å². The second-order valence-corrected chi connectivity index (χ2v) is 2.95. The highest BCUT2D eigenvalue weighted by atomic mass is 16.5. The zero-order valence-corrected chi connectivity index (χ0v) is 7.86. The monoisotopic (exact) mass is 191 g/mol. The number of nitrogens with one attached hydrogen (secondary N) is 1. The molecule has 0 saturated heterocycles. The van der Waals surface area contributed by atoms with Crippen LogP contribution in [0.2, 0.25) is 0 Å². The van der Waals surface area contributed by atoms with Gasteiger partial charge >= 0.3 is 11.3 Å². The average molecular weight is 191 g/mol. The minimum atomic E-state index is -0.309. The largest absolute Gasteiger partial charge is 0.430 e. The number of hydrogen-bond acceptors (Lipinski definition) is 2. The maximum atomic E-state index is 11.2. The molecule has 0 spiro atoms. The van der Waals surface area contributed by atoms with E-state index in [1.807, 2.05) is 37.3 Å². The Kier molecular flexibility index (Phi) is 2.18. The molecule has 0 amide bonds. The second-order valence-electron chi connectivity index (χ2n) is 2.95. The standard InChI is InChI=1S/C10H10N2O2/c1-2-9-10(13)14-11-12(9)8-6-4-3-5-7-8/h3-7H,2H2,1H3/p+1. The Morgan fingerprint density at radius 1 is 1.36 bits per heavy atom. The Balaban J connectivity index is 2.57. The lowest BCUT2D eigenvalue weighted by Gasteiger charge is -1.89. The molecule has 72 valence electrons. The number of nitrogens with zero attached hydrogens (tertiary/aromatic N) is 1. The number of rotatable bonds is 2. The summed E-state index contributed by atoms with van der Waals surface area (Å²) in [5.74, 6) is 0. The van der Waals surface area contributed by atoms with E-state index < -0.39 is 0 Å². The summed E-state index contributed by atoms with van der Waals surface area (Å²) in [6.07, 6.45) is 0.640. The quantitative estimate of drug-likeness (QED) is 0.714. The van der Waals surface area contributed by atoms with Gasteiger partial charge in [-0.3, -0.25) is 4.52 Å². The van der Waals surface area contributed by atoms with E-state index >= 15 is 0 Å². The normalized spacial score (nSPS) is 10.4. The van der Waals surface area contributed by atoms with Crippen LogP contribution in [-0.4, -0.2) is 5.27 Å². The Morgan fingerprint density at radius 2 is 2.07 bits per heavy atom. The third kappa shape index (κ3) is 1.35. The summed E-state index contributed by atoms with van der Waals surface area (Å²) in [6, 6.07) is 9.56. The zero-order chi connectivity index (χ0) is 9.97. The number of aromatic amines is 1. The Morgan fingerprint density at radius 3 is 2.71 bits per heavy atom. The summed E-state index contributed by atoms with van der Waals surface area (Å²) in [7, 11) is 0. The molecule has 0 atom stereocenters. The van der Waals surface area contributed by atoms with Gasteiger partial charge in [0.15, 0.2) is 0 Å². The van der Waals surface area contributed by atoms with Crippen molar-refractivity contribution in [2.24, 2.45) is 0 Å². The van der Waals surface area contributed by atoms with Crippen molar-refractivity contribution < 1.29 is 9.20 Å². The molecular weight excluding hydrogens is 180 g/mol. The van der Waals surface area contributed by atoms with Crippen LogP contribution in [-0.2, 0) is 6.42 Å². The predicted octanol–water partition coefficient (Wildman–Crippen LogP) is 0.807. The average Bonchev–Trinajstić information content (AvgIpc) is 2.61. The lowest BCUT2D eigenvalue weighted by Crippen LogP contribution is -2.38. The van der Waals surface area contributed by atoms with E-state index in [2.05, 4.69) is 5.27 Å². The van der Waals surface area contributed by atoms with Crippen molar-refractivity contribution in [2.45, 2.75) is 13.3 Å². The minimum Gasteiger partial charge on any atom is -0.283 e. The molecule has 0 bridgehead atoms. The first-order chi connectivity index (χ1) is 6.83. The van der Waals surface area contributed by atoms with Crippen molar-refractivity contribution in [1.29, 1.82) is 0 Å². The smallest absolute Gasteiger partial charge is 0.283 e. The van der Waals surface area contributed by atoms with Crippen LogP contribution in [0.5, 0.6) is 0 Å². The molecule has 4 heteroatoms. The van der Waals surface area contributed by atoms with Gasteiger partial charge in [0, 0.05) is 18.6 Å². The van der Waals surface area contributed by atoms with E-state index in [4.69, 9.17) is 4.52 Å². The van der Waals surface area contributed by atoms with E-state index in [0.717, 1.165) is 5.69 Å². The molecule has 2 aromatic rings. The fourth-order valence-corrected chi connectivity index (χ4v) is 1.38. The van der Waals surface area contributed by atoms with Gasteiger partial charge in [-0.2, -0.15) is 0 Å². The highest BCUT2D eigenvalue weighted by Gasteiger charge is 2.20. The molecule has 0 unspecified atom stereocenters. The summed E-state index contributed by atoms with van der Waals surface area (Å²) in [5, 5.41) is 2.57. The Bertz CT molecular complexity index is 470. The van der Waals surface area contributed by atoms with E-state index in [9.17, 15) is 4.79 Å². The molecule has 4 nitrogen and oxygen atoms in total. The molecule has 1 heterocycles. The lowest BCUT2D eigenvalue weighted by atomic mass is 10.3. The maximum absolute atomic E-state index is 11.2. The molecule has 2 rings (SSSR count). The van der Waals surface area contributed by atoms with Crippen LogP contribution >= 0.6 is 0 Å². The van der Waals surface area contributed by atoms with Crippen molar-refractivity contribution in [2.75, 3.05) is 0 Å². The van der Waals surface area contributed by atoms with Gasteiger partial charge in [0.25, 0.3) is 0 Å². The van der Waals surface area contributed by atoms with Gasteiger partial charge in [-0.1, -0.05) is 25.1 Å². The Hall–Kier alpha value is -1.84. The van der Waals surface area contributed by atoms with Crippen molar-refractivity contribution in [1.82, 2.24) is 5.27 Å². The molecule has 1 N–H and O–H groups in total. The molecule has 1 aromatic heterocycles. The van der Waals surface area contributed by atoms with Gasteiger partial charge in [0.2, 0.25) is 5.69 Å². The molecule has 0 saturated carbocycles. The number of para-hydroxylation sites is 1. The first-order valence-electron chi connectivity index (χ1n) is 4.50. The highest BCUT2D eigenvalue weighted by Crippen LogP contribution is 1.97. The van der Waals surface area contributed by atoms with Crippen LogP contribution in [0.1, 0.15) is 12.6 Å². The highest BCUT2D eigenvalue weighted by molar-refractivity contribution is 5.21. The zero-order valence-electron chi connectivity index (χ0n) is 7.86. The first-order valence-corrected chi connectivity index (χ1v) is 4.50. The molecule has 0 aliphatic heterocycles. The van der Waals surface area contributed by atoms with Gasteiger partial charge in [-0.05, 0) is 9.95 Å². The number of benzene rings is 1. The topological polar surface area (TPSA) is 49.9 Å².